The van der Waals surface area contributed by atoms with Crippen LogP contribution >= 0.6 is 11.6 Å². The predicted octanol–water partition coefficient (Wildman–Crippen LogP) is 4.00. The average Bonchev–Trinajstić information content (AvgIpc) is 2.61. The van der Waals surface area contributed by atoms with Gasteiger partial charge in [-0.05, 0) is 23.8 Å². The number of hydrogen-bond acceptors (Lipinski definition) is 7. The van der Waals surface area contributed by atoms with E-state index in [1.165, 1.54) is 0 Å². The van der Waals surface area contributed by atoms with Gasteiger partial charge in [0.1, 0.15) is 0 Å². The molecule has 0 aliphatic heterocycles. The van der Waals surface area contributed by atoms with E-state index in [1.807, 2.05) is 30.3 Å². The molecule has 0 spiro atoms. The molecule has 2 aromatic carbocycles. The molecule has 3 N–H and O–H groups in total. The van der Waals surface area contributed by atoms with Gasteiger partial charge in [-0.1, -0.05) is 48.0 Å². The first-order valence-electron chi connectivity index (χ1n) is 8.03. The highest BCUT2D eigenvalue weighted by Crippen LogP contribution is 2.32. The lowest BCUT2D eigenvalue weighted by atomic mass is 10.2. The van der Waals surface area contributed by atoms with Crippen LogP contribution in [0.1, 0.15) is 5.56 Å². The summed E-state index contributed by atoms with van der Waals surface area (Å²) in [7, 11) is 1.79. The minimum absolute atomic E-state index is 0.00433. The van der Waals surface area contributed by atoms with E-state index in [-0.39, 0.29) is 23.3 Å². The smallest absolute Gasteiger partial charge is 0.353 e. The van der Waals surface area contributed by atoms with Crippen LogP contribution < -0.4 is 16.0 Å². The summed E-state index contributed by atoms with van der Waals surface area (Å²) >= 11 is 5.98. The van der Waals surface area contributed by atoms with Crippen molar-refractivity contribution >= 4 is 40.6 Å². The summed E-state index contributed by atoms with van der Waals surface area (Å²) in [5.74, 6) is 0.0607. The van der Waals surface area contributed by atoms with Crippen LogP contribution in [0.5, 0.6) is 0 Å². The molecule has 9 heteroatoms. The summed E-state index contributed by atoms with van der Waals surface area (Å²) in [6.45, 7) is 0.523. The zero-order valence-electron chi connectivity index (χ0n) is 14.5. The molecule has 8 nitrogen and oxygen atoms in total. The second-order valence-corrected chi connectivity index (χ2v) is 6.28. The van der Waals surface area contributed by atoms with E-state index in [4.69, 9.17) is 17.3 Å². The van der Waals surface area contributed by atoms with Crippen LogP contribution in [0.15, 0.2) is 54.6 Å². The third-order valence-electron chi connectivity index (χ3n) is 3.77. The Morgan fingerprint density at radius 3 is 2.59 bits per heavy atom. The number of aromatic nitrogens is 2. The van der Waals surface area contributed by atoms with E-state index in [1.54, 1.807) is 36.2 Å². The van der Waals surface area contributed by atoms with Crippen molar-refractivity contribution in [3.05, 3.63) is 75.3 Å². The SMILES string of the molecule is CN(Cc1ccccc1)c1nc(N)c([N+](=O)[O-])c(Nc2cccc(Cl)c2)n1. The Hall–Kier alpha value is -3.39. The second-order valence-electron chi connectivity index (χ2n) is 5.84. The Kier molecular flexibility index (Phi) is 5.37. The third kappa shape index (κ3) is 4.42. The molecule has 27 heavy (non-hydrogen) atoms. The van der Waals surface area contributed by atoms with Gasteiger partial charge in [-0.15, -0.1) is 0 Å². The fraction of sp³-hybridized carbons (Fsp3) is 0.111. The van der Waals surface area contributed by atoms with E-state index < -0.39 is 4.92 Å². The molecule has 3 aromatic rings. The number of nitrogens with two attached hydrogens (primary N) is 1. The van der Waals surface area contributed by atoms with Gasteiger partial charge in [-0.25, -0.2) is 0 Å². The van der Waals surface area contributed by atoms with Gasteiger partial charge in [0.25, 0.3) is 0 Å². The Morgan fingerprint density at radius 2 is 1.93 bits per heavy atom. The predicted molar refractivity (Wildman–Crippen MR) is 106 cm³/mol. The summed E-state index contributed by atoms with van der Waals surface area (Å²) in [5.41, 5.74) is 7.07. The number of nitrogen functional groups attached to an aromatic ring is 1. The van der Waals surface area contributed by atoms with Gasteiger partial charge in [0, 0.05) is 24.3 Å². The molecule has 0 saturated heterocycles. The first-order valence-corrected chi connectivity index (χ1v) is 8.41. The van der Waals surface area contributed by atoms with Crippen LogP contribution in [-0.2, 0) is 6.54 Å². The normalized spacial score (nSPS) is 10.4. The van der Waals surface area contributed by atoms with E-state index in [9.17, 15) is 10.1 Å². The van der Waals surface area contributed by atoms with E-state index >= 15 is 0 Å². The molecule has 0 saturated carbocycles. The molecular formula is C18H17ClN6O2. The molecule has 0 fully saturated rings. The summed E-state index contributed by atoms with van der Waals surface area (Å²) in [6.07, 6.45) is 0. The second kappa shape index (κ2) is 7.88. The maximum absolute atomic E-state index is 11.4. The quantitative estimate of drug-likeness (QED) is 0.488. The van der Waals surface area contributed by atoms with Crippen molar-refractivity contribution in [2.24, 2.45) is 0 Å². The first-order chi connectivity index (χ1) is 12.9. The molecule has 0 bridgehead atoms. The zero-order valence-corrected chi connectivity index (χ0v) is 15.2. The molecule has 0 aliphatic carbocycles. The molecule has 3 rings (SSSR count). The molecule has 0 atom stereocenters. The minimum Gasteiger partial charge on any atom is -0.378 e. The monoisotopic (exact) mass is 384 g/mol. The molecule has 138 valence electrons. The van der Waals surface area contributed by atoms with Crippen molar-refractivity contribution in [2.45, 2.75) is 6.54 Å². The van der Waals surface area contributed by atoms with Crippen LogP contribution in [0.3, 0.4) is 0 Å². The van der Waals surface area contributed by atoms with Gasteiger partial charge in [-0.2, -0.15) is 9.97 Å². The molecule has 0 amide bonds. The lowest BCUT2D eigenvalue weighted by Crippen LogP contribution is -2.20. The van der Waals surface area contributed by atoms with Gasteiger partial charge >= 0.3 is 5.69 Å². The van der Waals surface area contributed by atoms with Crippen molar-refractivity contribution in [1.29, 1.82) is 0 Å². The zero-order chi connectivity index (χ0) is 19.4. The average molecular weight is 385 g/mol. The summed E-state index contributed by atoms with van der Waals surface area (Å²) in [5, 5.41) is 14.8. The Labute approximate surface area is 160 Å². The Morgan fingerprint density at radius 1 is 1.19 bits per heavy atom. The van der Waals surface area contributed by atoms with Crippen molar-refractivity contribution in [1.82, 2.24) is 9.97 Å². The van der Waals surface area contributed by atoms with Crippen molar-refractivity contribution < 1.29 is 4.92 Å². The van der Waals surface area contributed by atoms with Crippen LogP contribution in [0.25, 0.3) is 0 Å². The fourth-order valence-electron chi connectivity index (χ4n) is 2.53. The topological polar surface area (TPSA) is 110 Å². The van der Waals surface area contributed by atoms with Crippen molar-refractivity contribution in [3.63, 3.8) is 0 Å². The lowest BCUT2D eigenvalue weighted by molar-refractivity contribution is -0.383. The van der Waals surface area contributed by atoms with Crippen LogP contribution in [0.4, 0.5) is 29.0 Å². The number of halogens is 1. The highest BCUT2D eigenvalue weighted by molar-refractivity contribution is 6.30. The van der Waals surface area contributed by atoms with E-state index in [0.717, 1.165) is 5.56 Å². The molecular weight excluding hydrogens is 368 g/mol. The maximum atomic E-state index is 11.4. The van der Waals surface area contributed by atoms with Gasteiger partial charge in [0.2, 0.25) is 17.6 Å². The number of nitrogens with one attached hydrogen (secondary N) is 1. The van der Waals surface area contributed by atoms with Gasteiger partial charge in [-0.3, -0.25) is 10.1 Å². The Bertz CT molecular complexity index is 967. The lowest BCUT2D eigenvalue weighted by Gasteiger charge is -2.18. The largest absolute Gasteiger partial charge is 0.378 e. The van der Waals surface area contributed by atoms with Crippen LogP contribution in [0, 0.1) is 10.1 Å². The summed E-state index contributed by atoms with van der Waals surface area (Å²) in [6, 6.07) is 16.5. The van der Waals surface area contributed by atoms with E-state index in [2.05, 4.69) is 15.3 Å². The Balaban J connectivity index is 1.96. The number of anilines is 4. The fourth-order valence-corrected chi connectivity index (χ4v) is 2.72. The standard InChI is InChI=1S/C18H17ClN6O2/c1-24(11-12-6-3-2-4-7-12)18-22-16(20)15(25(26)27)17(23-18)21-14-9-5-8-13(19)10-14/h2-10H,11H2,1H3,(H3,20,21,22,23). The highest BCUT2D eigenvalue weighted by Gasteiger charge is 2.24. The minimum atomic E-state index is -0.608. The molecule has 1 aromatic heterocycles. The van der Waals surface area contributed by atoms with Crippen LogP contribution in [-0.4, -0.2) is 21.9 Å². The molecule has 0 aliphatic rings. The molecule has 0 radical (unpaired) electrons. The maximum Gasteiger partial charge on any atom is 0.353 e. The number of nitro groups is 1. The number of benzene rings is 2. The van der Waals surface area contributed by atoms with Crippen molar-refractivity contribution in [3.8, 4) is 0 Å². The summed E-state index contributed by atoms with van der Waals surface area (Å²) < 4.78 is 0. The highest BCUT2D eigenvalue weighted by atomic mass is 35.5. The van der Waals surface area contributed by atoms with Gasteiger partial charge < -0.3 is 16.0 Å². The number of hydrogen-bond donors (Lipinski definition) is 2. The molecule has 0 unspecified atom stereocenters. The summed E-state index contributed by atoms with van der Waals surface area (Å²) in [4.78, 5) is 21.0. The van der Waals surface area contributed by atoms with Crippen LogP contribution in [0.2, 0.25) is 5.02 Å². The third-order valence-corrected chi connectivity index (χ3v) is 4.01. The first kappa shape index (κ1) is 18.4. The number of nitrogens with zero attached hydrogens (tertiary/aromatic N) is 4. The van der Waals surface area contributed by atoms with Gasteiger partial charge in [0.05, 0.1) is 4.92 Å². The van der Waals surface area contributed by atoms with Crippen molar-refractivity contribution in [2.75, 3.05) is 23.0 Å². The van der Waals surface area contributed by atoms with Gasteiger partial charge in [0.15, 0.2) is 0 Å². The van der Waals surface area contributed by atoms with E-state index in [0.29, 0.717) is 17.3 Å². The number of rotatable bonds is 6. The molecule has 1 heterocycles.